The molecule has 1 saturated carbocycles. The maximum Gasteiger partial charge on any atom is 0.247 e. The van der Waals surface area contributed by atoms with Crippen molar-refractivity contribution in [2.45, 2.75) is 76.9 Å². The van der Waals surface area contributed by atoms with Crippen LogP contribution in [0, 0.1) is 0 Å². The number of amides is 2. The Hall–Kier alpha value is -0.900. The molecule has 0 aromatic heterocycles. The van der Waals surface area contributed by atoms with Gasteiger partial charge in [-0.15, -0.1) is 0 Å². The quantitative estimate of drug-likeness (QED) is 0.616. The summed E-state index contributed by atoms with van der Waals surface area (Å²) in [7, 11) is 0. The van der Waals surface area contributed by atoms with E-state index >= 15 is 0 Å². The van der Waals surface area contributed by atoms with E-state index in [0.29, 0.717) is 6.42 Å². The molecule has 2 aliphatic rings. The van der Waals surface area contributed by atoms with Crippen molar-refractivity contribution >= 4 is 11.8 Å². The Balaban J connectivity index is 2.03. The van der Waals surface area contributed by atoms with E-state index in [2.05, 4.69) is 5.32 Å². The molecule has 102 valence electrons. The lowest BCUT2D eigenvalue weighted by atomic mass is 10.1. The number of nitrogens with one attached hydrogen (secondary N) is 1. The van der Waals surface area contributed by atoms with Gasteiger partial charge < -0.3 is 5.32 Å². The second kappa shape index (κ2) is 5.83. The van der Waals surface area contributed by atoms with Crippen molar-refractivity contribution in [2.24, 2.45) is 0 Å². The first-order valence-electron chi connectivity index (χ1n) is 7.21. The molecule has 18 heavy (non-hydrogen) atoms. The highest BCUT2D eigenvalue weighted by Crippen LogP contribution is 2.26. The normalized spacial score (nSPS) is 27.1. The molecule has 4 heteroatoms. The Morgan fingerprint density at radius 1 is 1.11 bits per heavy atom. The summed E-state index contributed by atoms with van der Waals surface area (Å²) >= 11 is 0. The summed E-state index contributed by atoms with van der Waals surface area (Å²) < 4.78 is 0. The molecule has 1 saturated heterocycles. The molecule has 0 spiro atoms. The van der Waals surface area contributed by atoms with Crippen LogP contribution >= 0.6 is 0 Å². The molecular formula is C14H24N2O2. The van der Waals surface area contributed by atoms with Crippen molar-refractivity contribution < 1.29 is 9.59 Å². The van der Waals surface area contributed by atoms with Gasteiger partial charge in [-0.2, -0.15) is 0 Å². The van der Waals surface area contributed by atoms with Gasteiger partial charge in [-0.1, -0.05) is 39.5 Å². The fourth-order valence-corrected chi connectivity index (χ4v) is 3.08. The zero-order valence-corrected chi connectivity index (χ0v) is 11.4. The van der Waals surface area contributed by atoms with Crippen LogP contribution in [-0.2, 0) is 9.59 Å². The summed E-state index contributed by atoms with van der Waals surface area (Å²) in [5, 5.41) is 3.19. The monoisotopic (exact) mass is 252 g/mol. The molecule has 2 rings (SSSR count). The first-order chi connectivity index (χ1) is 8.59. The minimum absolute atomic E-state index is 0.000556. The highest BCUT2D eigenvalue weighted by Gasteiger charge is 2.42. The van der Waals surface area contributed by atoms with E-state index in [1.54, 1.807) is 4.90 Å². The average molecular weight is 252 g/mol. The summed E-state index contributed by atoms with van der Waals surface area (Å²) in [5.41, 5.74) is 0. The average Bonchev–Trinajstić information content (AvgIpc) is 2.53. The van der Waals surface area contributed by atoms with Crippen LogP contribution in [0.1, 0.15) is 58.8 Å². The Labute approximate surface area is 109 Å². The van der Waals surface area contributed by atoms with Crippen LogP contribution < -0.4 is 5.32 Å². The molecule has 1 heterocycles. The van der Waals surface area contributed by atoms with E-state index in [9.17, 15) is 9.59 Å². The fraction of sp³-hybridized carbons (Fsp3) is 0.857. The number of hydrogen-bond donors (Lipinski definition) is 1. The molecule has 0 bridgehead atoms. The molecule has 0 aromatic rings. The summed E-state index contributed by atoms with van der Waals surface area (Å²) in [6.45, 7) is 4.01. The van der Waals surface area contributed by atoms with Crippen molar-refractivity contribution in [1.29, 1.82) is 0 Å². The maximum atomic E-state index is 12.3. The van der Waals surface area contributed by atoms with Crippen LogP contribution in [-0.4, -0.2) is 34.8 Å². The van der Waals surface area contributed by atoms with Gasteiger partial charge in [0.2, 0.25) is 11.8 Å². The number of imide groups is 1. The number of carbonyl (C=O) groups is 2. The molecule has 0 aromatic carbocycles. The standard InChI is InChI=1S/C14H24N2O2/c1-10(2)15-12-9-13(17)16(14(12)18)11-7-5-3-4-6-8-11/h10-12,15H,3-9H2,1-2H3. The van der Waals surface area contributed by atoms with Gasteiger partial charge in [0.05, 0.1) is 12.5 Å². The number of likely N-dealkylation sites (tertiary alicyclic amines) is 1. The van der Waals surface area contributed by atoms with Gasteiger partial charge in [0.1, 0.15) is 0 Å². The largest absolute Gasteiger partial charge is 0.303 e. The smallest absolute Gasteiger partial charge is 0.247 e. The van der Waals surface area contributed by atoms with E-state index in [1.807, 2.05) is 13.8 Å². The van der Waals surface area contributed by atoms with Gasteiger partial charge in [0.15, 0.2) is 0 Å². The second-order valence-corrected chi connectivity index (χ2v) is 5.83. The lowest BCUT2D eigenvalue weighted by Gasteiger charge is -2.25. The first kappa shape index (κ1) is 13.5. The Kier molecular flexibility index (Phi) is 4.38. The van der Waals surface area contributed by atoms with Crippen LogP contribution in [0.4, 0.5) is 0 Å². The van der Waals surface area contributed by atoms with Crippen molar-refractivity contribution in [3.05, 3.63) is 0 Å². The molecular weight excluding hydrogens is 228 g/mol. The fourth-order valence-electron chi connectivity index (χ4n) is 3.08. The Bertz CT molecular complexity index is 320. The first-order valence-corrected chi connectivity index (χ1v) is 7.21. The summed E-state index contributed by atoms with van der Waals surface area (Å²) in [4.78, 5) is 25.9. The number of nitrogens with zero attached hydrogens (tertiary/aromatic N) is 1. The van der Waals surface area contributed by atoms with Crippen molar-refractivity contribution in [2.75, 3.05) is 0 Å². The highest BCUT2D eigenvalue weighted by molar-refractivity contribution is 6.05. The SMILES string of the molecule is CC(C)NC1CC(=O)N(C2CCCCCC2)C1=O. The zero-order valence-electron chi connectivity index (χ0n) is 11.4. The number of hydrogen-bond acceptors (Lipinski definition) is 3. The predicted octanol–water partition coefficient (Wildman–Crippen LogP) is 1.83. The van der Waals surface area contributed by atoms with E-state index < -0.39 is 0 Å². The molecule has 1 atom stereocenters. The van der Waals surface area contributed by atoms with Crippen LogP contribution in [0.3, 0.4) is 0 Å². The molecule has 4 nitrogen and oxygen atoms in total. The van der Waals surface area contributed by atoms with Gasteiger partial charge in [-0.05, 0) is 12.8 Å². The van der Waals surface area contributed by atoms with Gasteiger partial charge in [-0.3, -0.25) is 14.5 Å². The Morgan fingerprint density at radius 3 is 2.28 bits per heavy atom. The highest BCUT2D eigenvalue weighted by atomic mass is 16.2. The third kappa shape index (κ3) is 2.91. The summed E-state index contributed by atoms with van der Waals surface area (Å²) in [6, 6.07) is 0.105. The number of carbonyl (C=O) groups excluding carboxylic acids is 2. The van der Waals surface area contributed by atoms with Gasteiger partial charge >= 0.3 is 0 Å². The van der Waals surface area contributed by atoms with E-state index in [-0.39, 0.29) is 29.9 Å². The van der Waals surface area contributed by atoms with Gasteiger partial charge in [0.25, 0.3) is 0 Å². The molecule has 1 unspecified atom stereocenters. The minimum Gasteiger partial charge on any atom is -0.303 e. The Morgan fingerprint density at radius 2 is 1.72 bits per heavy atom. The van der Waals surface area contributed by atoms with E-state index in [4.69, 9.17) is 0 Å². The van der Waals surface area contributed by atoms with Crippen LogP contribution in [0.2, 0.25) is 0 Å². The molecule has 0 radical (unpaired) electrons. The lowest BCUT2D eigenvalue weighted by molar-refractivity contribution is -0.141. The zero-order chi connectivity index (χ0) is 13.1. The third-order valence-corrected chi connectivity index (χ3v) is 3.91. The number of rotatable bonds is 3. The van der Waals surface area contributed by atoms with E-state index in [1.165, 1.54) is 12.8 Å². The summed E-state index contributed by atoms with van der Waals surface area (Å²) in [5.74, 6) is 0.0191. The minimum atomic E-state index is -0.291. The van der Waals surface area contributed by atoms with Gasteiger partial charge in [0, 0.05) is 12.1 Å². The van der Waals surface area contributed by atoms with Crippen molar-refractivity contribution in [1.82, 2.24) is 10.2 Å². The maximum absolute atomic E-state index is 12.3. The molecule has 2 amide bonds. The molecule has 2 fully saturated rings. The van der Waals surface area contributed by atoms with Crippen molar-refractivity contribution in [3.63, 3.8) is 0 Å². The van der Waals surface area contributed by atoms with Crippen LogP contribution in [0.5, 0.6) is 0 Å². The molecule has 1 aliphatic heterocycles. The van der Waals surface area contributed by atoms with Crippen molar-refractivity contribution in [3.8, 4) is 0 Å². The topological polar surface area (TPSA) is 49.4 Å². The molecule has 1 aliphatic carbocycles. The predicted molar refractivity (Wildman–Crippen MR) is 70.0 cm³/mol. The molecule has 1 N–H and O–H groups in total. The second-order valence-electron chi connectivity index (χ2n) is 5.83. The van der Waals surface area contributed by atoms with Gasteiger partial charge in [-0.25, -0.2) is 0 Å². The lowest BCUT2D eigenvalue weighted by Crippen LogP contribution is -2.45. The van der Waals surface area contributed by atoms with Crippen LogP contribution in [0.25, 0.3) is 0 Å². The van der Waals surface area contributed by atoms with Crippen LogP contribution in [0.15, 0.2) is 0 Å². The van der Waals surface area contributed by atoms with E-state index in [0.717, 1.165) is 25.7 Å². The third-order valence-electron chi connectivity index (χ3n) is 3.91. The summed E-state index contributed by atoms with van der Waals surface area (Å²) in [6.07, 6.45) is 7.08.